The number of pyridine rings is 1. The van der Waals surface area contributed by atoms with Crippen LogP contribution in [0.1, 0.15) is 41.2 Å². The minimum absolute atomic E-state index is 0.0881. The third kappa shape index (κ3) is 4.53. The van der Waals surface area contributed by atoms with Crippen LogP contribution in [0, 0.1) is 12.8 Å². The minimum Gasteiger partial charge on any atom is -0.481 e. The van der Waals surface area contributed by atoms with Crippen molar-refractivity contribution in [1.82, 2.24) is 14.9 Å². The standard InChI is InChI=1S/C25H25FN4O2S/c1-15-29-23(24(33-15)18-8-9-21(32-2)28-13-18)25(31)30(14-16-6-7-16)11-10-17-12-27-20-5-3-4-19(26)22(17)20/h3-4,8-9,12-13,16H,5-7,10-11,14H2,1-2H3. The number of aromatic nitrogens is 2. The number of halogens is 1. The lowest BCUT2D eigenvalue weighted by Crippen LogP contribution is -2.34. The van der Waals surface area contributed by atoms with Gasteiger partial charge in [-0.05, 0) is 49.8 Å². The Morgan fingerprint density at radius 3 is 2.91 bits per heavy atom. The highest BCUT2D eigenvalue weighted by Crippen LogP contribution is 2.35. The number of hydrogen-bond donors (Lipinski definition) is 0. The molecule has 0 unspecified atom stereocenters. The van der Waals surface area contributed by atoms with Crippen molar-refractivity contribution in [3.63, 3.8) is 0 Å². The van der Waals surface area contributed by atoms with E-state index in [0.29, 0.717) is 49.0 Å². The van der Waals surface area contributed by atoms with Crippen LogP contribution >= 0.6 is 11.3 Å². The maximum atomic E-state index is 14.4. The van der Waals surface area contributed by atoms with E-state index < -0.39 is 0 Å². The average molecular weight is 465 g/mol. The van der Waals surface area contributed by atoms with Gasteiger partial charge in [0.05, 0.1) is 22.7 Å². The Hall–Kier alpha value is -3.13. The summed E-state index contributed by atoms with van der Waals surface area (Å²) >= 11 is 1.49. The van der Waals surface area contributed by atoms with Gasteiger partial charge in [0.2, 0.25) is 5.88 Å². The van der Waals surface area contributed by atoms with Crippen molar-refractivity contribution in [3.8, 4) is 16.3 Å². The highest BCUT2D eigenvalue weighted by Gasteiger charge is 2.31. The van der Waals surface area contributed by atoms with E-state index in [-0.39, 0.29) is 11.7 Å². The van der Waals surface area contributed by atoms with Gasteiger partial charge in [-0.3, -0.25) is 9.79 Å². The summed E-state index contributed by atoms with van der Waals surface area (Å²) in [7, 11) is 1.57. The lowest BCUT2D eigenvalue weighted by atomic mass is 9.95. The third-order valence-electron chi connectivity index (χ3n) is 6.06. The summed E-state index contributed by atoms with van der Waals surface area (Å²) in [5, 5.41) is 0.827. The summed E-state index contributed by atoms with van der Waals surface area (Å²) < 4.78 is 19.6. The number of allylic oxidation sites excluding steroid dienone is 4. The number of aryl methyl sites for hydroxylation is 1. The summed E-state index contributed by atoms with van der Waals surface area (Å²) in [6, 6.07) is 3.68. The lowest BCUT2D eigenvalue weighted by Gasteiger charge is -2.23. The van der Waals surface area contributed by atoms with Gasteiger partial charge in [0.25, 0.3) is 5.91 Å². The maximum absolute atomic E-state index is 14.4. The molecule has 1 amide bonds. The van der Waals surface area contributed by atoms with E-state index in [9.17, 15) is 9.18 Å². The second-order valence-electron chi connectivity index (χ2n) is 8.50. The first-order chi connectivity index (χ1) is 16.0. The van der Waals surface area contributed by atoms with Crippen LogP contribution in [0.4, 0.5) is 4.39 Å². The maximum Gasteiger partial charge on any atom is 0.274 e. The molecular weight excluding hydrogens is 439 g/mol. The molecule has 1 saturated carbocycles. The fraction of sp³-hybridized carbons (Fsp3) is 0.360. The molecule has 0 atom stereocenters. The quantitative estimate of drug-likeness (QED) is 0.533. The molecule has 1 fully saturated rings. The Morgan fingerprint density at radius 2 is 2.18 bits per heavy atom. The Balaban J connectivity index is 1.37. The number of nitrogens with zero attached hydrogens (tertiary/aromatic N) is 4. The van der Waals surface area contributed by atoms with Crippen LogP contribution in [0.15, 0.2) is 58.6 Å². The second-order valence-corrected chi connectivity index (χ2v) is 9.71. The number of aliphatic imine (C=N–C) groups is 1. The van der Waals surface area contributed by atoms with Gasteiger partial charge in [-0.2, -0.15) is 0 Å². The third-order valence-corrected chi connectivity index (χ3v) is 7.08. The first-order valence-electron chi connectivity index (χ1n) is 11.1. The average Bonchev–Trinajstić information content (AvgIpc) is 3.41. The van der Waals surface area contributed by atoms with E-state index in [1.54, 1.807) is 31.6 Å². The molecule has 0 bridgehead atoms. The van der Waals surface area contributed by atoms with Crippen LogP contribution in [0.2, 0.25) is 0 Å². The lowest BCUT2D eigenvalue weighted by molar-refractivity contribution is 0.0745. The van der Waals surface area contributed by atoms with Gasteiger partial charge in [-0.15, -0.1) is 11.3 Å². The van der Waals surface area contributed by atoms with Crippen molar-refractivity contribution >= 4 is 23.0 Å². The van der Waals surface area contributed by atoms with Gasteiger partial charge >= 0.3 is 0 Å². The Morgan fingerprint density at radius 1 is 1.33 bits per heavy atom. The molecule has 2 aliphatic carbocycles. The van der Waals surface area contributed by atoms with Crippen LogP contribution in [0.5, 0.6) is 5.88 Å². The summed E-state index contributed by atoms with van der Waals surface area (Å²) in [5.74, 6) is 0.717. The van der Waals surface area contributed by atoms with Crippen molar-refractivity contribution < 1.29 is 13.9 Å². The van der Waals surface area contributed by atoms with Crippen LogP contribution in [0.3, 0.4) is 0 Å². The van der Waals surface area contributed by atoms with Gasteiger partial charge in [-0.1, -0.05) is 6.08 Å². The minimum atomic E-state index is -0.242. The molecule has 33 heavy (non-hydrogen) atoms. The fourth-order valence-corrected chi connectivity index (χ4v) is 5.06. The smallest absolute Gasteiger partial charge is 0.274 e. The number of hydrogen-bond acceptors (Lipinski definition) is 6. The number of methoxy groups -OCH3 is 1. The van der Waals surface area contributed by atoms with Crippen molar-refractivity contribution in [2.75, 3.05) is 20.2 Å². The van der Waals surface area contributed by atoms with E-state index in [0.717, 1.165) is 39.6 Å². The number of rotatable bonds is 8. The van der Waals surface area contributed by atoms with Crippen LogP contribution in [0.25, 0.3) is 10.4 Å². The van der Waals surface area contributed by atoms with Gasteiger partial charge < -0.3 is 9.64 Å². The molecule has 6 nitrogen and oxygen atoms in total. The molecule has 5 rings (SSSR count). The van der Waals surface area contributed by atoms with Crippen molar-refractivity contribution in [3.05, 3.63) is 64.4 Å². The zero-order valence-electron chi connectivity index (χ0n) is 18.7. The molecule has 1 aliphatic heterocycles. The summed E-state index contributed by atoms with van der Waals surface area (Å²) in [5.41, 5.74) is 3.53. The largest absolute Gasteiger partial charge is 0.481 e. The predicted octanol–water partition coefficient (Wildman–Crippen LogP) is 5.29. The summed E-state index contributed by atoms with van der Waals surface area (Å²) in [6.45, 7) is 3.10. The van der Waals surface area contributed by atoms with Crippen molar-refractivity contribution in [1.29, 1.82) is 0 Å². The van der Waals surface area contributed by atoms with E-state index >= 15 is 0 Å². The zero-order valence-corrected chi connectivity index (χ0v) is 19.5. The van der Waals surface area contributed by atoms with E-state index in [1.165, 1.54) is 17.4 Å². The molecular formula is C25H25FN4O2S. The van der Waals surface area contributed by atoms with E-state index in [2.05, 4.69) is 15.0 Å². The predicted molar refractivity (Wildman–Crippen MR) is 127 cm³/mol. The molecule has 0 radical (unpaired) electrons. The fourth-order valence-electron chi connectivity index (χ4n) is 4.16. The molecule has 3 aliphatic rings. The Bertz CT molecular complexity index is 1210. The van der Waals surface area contributed by atoms with Gasteiger partial charge in [0.15, 0.2) is 0 Å². The number of carbonyl (C=O) groups is 1. The van der Waals surface area contributed by atoms with Crippen molar-refractivity contribution in [2.45, 2.75) is 32.6 Å². The van der Waals surface area contributed by atoms with E-state index in [1.807, 2.05) is 17.9 Å². The number of ether oxygens (including phenoxy) is 1. The summed E-state index contributed by atoms with van der Waals surface area (Å²) in [6.07, 6.45) is 10.2. The number of amides is 1. The molecule has 2 aromatic rings. The number of carbonyl (C=O) groups excluding carboxylic acids is 1. The first-order valence-corrected chi connectivity index (χ1v) is 11.9. The highest BCUT2D eigenvalue weighted by atomic mass is 32.1. The number of fused-ring (bicyclic) bond motifs is 1. The first kappa shape index (κ1) is 21.7. The van der Waals surface area contributed by atoms with Gasteiger partial charge in [0, 0.05) is 49.1 Å². The van der Waals surface area contributed by atoms with Crippen LogP contribution in [-0.2, 0) is 0 Å². The summed E-state index contributed by atoms with van der Waals surface area (Å²) in [4.78, 5) is 29.6. The Labute approximate surface area is 196 Å². The Kier molecular flexibility index (Phi) is 5.93. The molecule has 0 N–H and O–H groups in total. The molecule has 0 spiro atoms. The highest BCUT2D eigenvalue weighted by molar-refractivity contribution is 7.15. The molecule has 3 heterocycles. The number of thiazole rings is 1. The zero-order chi connectivity index (χ0) is 22.9. The van der Waals surface area contributed by atoms with Gasteiger partial charge in [0.1, 0.15) is 11.5 Å². The SMILES string of the molecule is COc1ccc(-c2sc(C)nc2C(=O)N(CCC2=CN=C3CC=CC(F)=C23)CC2CC2)cn1. The van der Waals surface area contributed by atoms with Gasteiger partial charge in [-0.25, -0.2) is 14.4 Å². The molecule has 8 heteroatoms. The molecule has 170 valence electrons. The monoisotopic (exact) mass is 464 g/mol. The normalized spacial score (nSPS) is 17.1. The molecule has 0 aromatic carbocycles. The molecule has 0 saturated heterocycles. The second kappa shape index (κ2) is 9.02. The van der Waals surface area contributed by atoms with Crippen molar-refractivity contribution in [2.24, 2.45) is 10.9 Å². The topological polar surface area (TPSA) is 67.7 Å². The molecule has 2 aromatic heterocycles. The van der Waals surface area contributed by atoms with Crippen LogP contribution < -0.4 is 4.74 Å². The van der Waals surface area contributed by atoms with Crippen LogP contribution in [-0.4, -0.2) is 46.7 Å². The van der Waals surface area contributed by atoms with E-state index in [4.69, 9.17) is 4.74 Å².